The minimum Gasteiger partial charge on any atom is -0.462 e. The van der Waals surface area contributed by atoms with Gasteiger partial charge in [0.15, 0.2) is 6.10 Å². The van der Waals surface area contributed by atoms with Crippen molar-refractivity contribution in [3.63, 3.8) is 0 Å². The average Bonchev–Trinajstić information content (AvgIpc) is 3.20. The molecule has 1 atom stereocenters. The summed E-state index contributed by atoms with van der Waals surface area (Å²) in [6.07, 6.45) is 58.9. The number of hydrogen-bond donors (Lipinski definition) is 1. The standard InChI is InChI=1S/C51H96O5/c1-3-5-7-9-11-12-13-14-15-16-17-18-19-20-21-22-23-24-25-26-27-28-29-30-31-32-33-34-35-36-37-38-40-42-44-46-51(54)56-49(47-52)48-55-50(53)45-43-41-39-10-8-6-4-2/h13-14,16-17,49,52H,3-12,15,18-48H2,1-2H3/b14-13-,17-16-. The summed E-state index contributed by atoms with van der Waals surface area (Å²) in [5.41, 5.74) is 0. The van der Waals surface area contributed by atoms with Crippen LogP contribution in [-0.4, -0.2) is 36.4 Å². The zero-order valence-electron chi connectivity index (χ0n) is 37.7. The number of ether oxygens (including phenoxy) is 2. The highest BCUT2D eigenvalue weighted by molar-refractivity contribution is 5.70. The first kappa shape index (κ1) is 54.4. The third kappa shape index (κ3) is 45.1. The minimum absolute atomic E-state index is 0.0602. The molecule has 56 heavy (non-hydrogen) atoms. The molecular formula is C51H96O5. The lowest BCUT2D eigenvalue weighted by atomic mass is 10.0. The van der Waals surface area contributed by atoms with Crippen LogP contribution in [0, 0.1) is 0 Å². The Bertz CT molecular complexity index is 851. The van der Waals surface area contributed by atoms with Crippen molar-refractivity contribution in [2.45, 2.75) is 277 Å². The molecule has 0 saturated carbocycles. The van der Waals surface area contributed by atoms with Crippen molar-refractivity contribution >= 4 is 11.9 Å². The largest absolute Gasteiger partial charge is 0.462 e. The number of unbranched alkanes of at least 4 members (excludes halogenated alkanes) is 34. The van der Waals surface area contributed by atoms with Gasteiger partial charge in [0, 0.05) is 12.8 Å². The maximum absolute atomic E-state index is 12.2. The van der Waals surface area contributed by atoms with Gasteiger partial charge in [-0.25, -0.2) is 0 Å². The van der Waals surface area contributed by atoms with E-state index in [9.17, 15) is 14.7 Å². The second-order valence-corrected chi connectivity index (χ2v) is 16.9. The Balaban J connectivity index is 3.34. The third-order valence-electron chi connectivity index (χ3n) is 11.2. The molecule has 0 rings (SSSR count). The average molecular weight is 789 g/mol. The number of rotatable bonds is 46. The first-order valence-electron chi connectivity index (χ1n) is 24.9. The van der Waals surface area contributed by atoms with Crippen LogP contribution in [0.2, 0.25) is 0 Å². The Hall–Kier alpha value is -1.62. The highest BCUT2D eigenvalue weighted by atomic mass is 16.6. The lowest BCUT2D eigenvalue weighted by Gasteiger charge is -2.15. The van der Waals surface area contributed by atoms with Crippen LogP contribution in [0.5, 0.6) is 0 Å². The molecule has 0 aromatic carbocycles. The highest BCUT2D eigenvalue weighted by Gasteiger charge is 2.16. The quantitative estimate of drug-likeness (QED) is 0.0378. The lowest BCUT2D eigenvalue weighted by Crippen LogP contribution is -2.28. The van der Waals surface area contributed by atoms with Crippen LogP contribution in [0.3, 0.4) is 0 Å². The summed E-state index contributed by atoms with van der Waals surface area (Å²) >= 11 is 0. The van der Waals surface area contributed by atoms with E-state index in [1.807, 2.05) is 0 Å². The number of allylic oxidation sites excluding steroid dienone is 4. The molecule has 0 heterocycles. The molecule has 0 aromatic heterocycles. The van der Waals surface area contributed by atoms with E-state index in [2.05, 4.69) is 38.2 Å². The molecule has 0 fully saturated rings. The molecule has 0 saturated heterocycles. The molecule has 5 nitrogen and oxygen atoms in total. The predicted molar refractivity (Wildman–Crippen MR) is 242 cm³/mol. The Kier molecular flexibility index (Phi) is 46.4. The van der Waals surface area contributed by atoms with Gasteiger partial charge in [-0.3, -0.25) is 9.59 Å². The fraction of sp³-hybridized carbons (Fsp3) is 0.882. The van der Waals surface area contributed by atoms with Crippen molar-refractivity contribution in [3.05, 3.63) is 24.3 Å². The number of carbonyl (C=O) groups is 2. The van der Waals surface area contributed by atoms with Crippen LogP contribution >= 0.6 is 0 Å². The SMILES string of the molecule is CCCCCCC/C=C\C/C=C\CCCCCCCCCCCCCCCCCCCCCCCCCC(=O)OC(CO)COC(=O)CCCCCCCCC. The van der Waals surface area contributed by atoms with E-state index in [1.165, 1.54) is 199 Å². The summed E-state index contributed by atoms with van der Waals surface area (Å²) in [6.45, 7) is 4.10. The molecule has 330 valence electrons. The number of aliphatic hydroxyl groups is 1. The van der Waals surface area contributed by atoms with Crippen LogP contribution < -0.4 is 0 Å². The van der Waals surface area contributed by atoms with Gasteiger partial charge in [0.05, 0.1) is 6.61 Å². The van der Waals surface area contributed by atoms with Crippen molar-refractivity contribution in [2.24, 2.45) is 0 Å². The first-order valence-corrected chi connectivity index (χ1v) is 24.9. The van der Waals surface area contributed by atoms with Crippen molar-refractivity contribution < 1.29 is 24.2 Å². The number of carbonyl (C=O) groups excluding carboxylic acids is 2. The highest BCUT2D eigenvalue weighted by Crippen LogP contribution is 2.17. The summed E-state index contributed by atoms with van der Waals surface area (Å²) < 4.78 is 10.6. The fourth-order valence-electron chi connectivity index (χ4n) is 7.47. The predicted octanol–water partition coefficient (Wildman–Crippen LogP) is 16.2. The molecule has 0 aliphatic rings. The Labute approximate surface area is 349 Å². The molecule has 0 bridgehead atoms. The van der Waals surface area contributed by atoms with E-state index in [4.69, 9.17) is 9.47 Å². The smallest absolute Gasteiger partial charge is 0.306 e. The molecule has 0 spiro atoms. The molecule has 0 aliphatic heterocycles. The van der Waals surface area contributed by atoms with Crippen LogP contribution in [0.1, 0.15) is 271 Å². The molecule has 5 heteroatoms. The molecule has 0 radical (unpaired) electrons. The van der Waals surface area contributed by atoms with Gasteiger partial charge in [-0.15, -0.1) is 0 Å². The van der Waals surface area contributed by atoms with Gasteiger partial charge in [-0.1, -0.05) is 237 Å². The second-order valence-electron chi connectivity index (χ2n) is 16.9. The van der Waals surface area contributed by atoms with Crippen molar-refractivity contribution in [2.75, 3.05) is 13.2 Å². The van der Waals surface area contributed by atoms with Gasteiger partial charge >= 0.3 is 11.9 Å². The Morgan fingerprint density at radius 3 is 1.05 bits per heavy atom. The van der Waals surface area contributed by atoms with Crippen LogP contribution in [0.15, 0.2) is 24.3 Å². The normalized spacial score (nSPS) is 12.3. The van der Waals surface area contributed by atoms with Crippen molar-refractivity contribution in [3.8, 4) is 0 Å². The number of esters is 2. The molecule has 0 amide bonds. The summed E-state index contributed by atoms with van der Waals surface area (Å²) in [4.78, 5) is 24.1. The summed E-state index contributed by atoms with van der Waals surface area (Å²) in [5, 5.41) is 9.53. The van der Waals surface area contributed by atoms with Crippen LogP contribution in [-0.2, 0) is 19.1 Å². The van der Waals surface area contributed by atoms with E-state index in [0.717, 1.165) is 44.9 Å². The summed E-state index contributed by atoms with van der Waals surface area (Å²) in [7, 11) is 0. The lowest BCUT2D eigenvalue weighted by molar-refractivity contribution is -0.161. The molecule has 0 aliphatic carbocycles. The van der Waals surface area contributed by atoms with Crippen LogP contribution in [0.4, 0.5) is 0 Å². The molecular weight excluding hydrogens is 693 g/mol. The van der Waals surface area contributed by atoms with Crippen molar-refractivity contribution in [1.29, 1.82) is 0 Å². The van der Waals surface area contributed by atoms with Gasteiger partial charge in [-0.2, -0.15) is 0 Å². The third-order valence-corrected chi connectivity index (χ3v) is 11.2. The fourth-order valence-corrected chi connectivity index (χ4v) is 7.47. The van der Waals surface area contributed by atoms with E-state index in [0.29, 0.717) is 12.8 Å². The van der Waals surface area contributed by atoms with Gasteiger partial charge in [0.2, 0.25) is 0 Å². The maximum Gasteiger partial charge on any atom is 0.306 e. The van der Waals surface area contributed by atoms with E-state index >= 15 is 0 Å². The molecule has 1 N–H and O–H groups in total. The number of aliphatic hydroxyl groups excluding tert-OH is 1. The number of hydrogen-bond acceptors (Lipinski definition) is 5. The van der Waals surface area contributed by atoms with E-state index in [1.54, 1.807) is 0 Å². The topological polar surface area (TPSA) is 72.8 Å². The zero-order valence-corrected chi connectivity index (χ0v) is 37.7. The Morgan fingerprint density at radius 1 is 0.411 bits per heavy atom. The van der Waals surface area contributed by atoms with Gasteiger partial charge in [0.25, 0.3) is 0 Å². The second kappa shape index (κ2) is 47.8. The van der Waals surface area contributed by atoms with E-state index in [-0.39, 0.29) is 25.2 Å². The zero-order chi connectivity index (χ0) is 40.7. The maximum atomic E-state index is 12.2. The van der Waals surface area contributed by atoms with Crippen LogP contribution in [0.25, 0.3) is 0 Å². The van der Waals surface area contributed by atoms with E-state index < -0.39 is 6.10 Å². The first-order chi connectivity index (χ1) is 27.6. The summed E-state index contributed by atoms with van der Waals surface area (Å²) in [5.74, 6) is -0.585. The minimum atomic E-state index is -0.763. The van der Waals surface area contributed by atoms with Gasteiger partial charge < -0.3 is 14.6 Å². The van der Waals surface area contributed by atoms with Gasteiger partial charge in [-0.05, 0) is 44.9 Å². The summed E-state index contributed by atoms with van der Waals surface area (Å²) in [6, 6.07) is 0. The monoisotopic (exact) mass is 789 g/mol. The Morgan fingerprint density at radius 2 is 0.714 bits per heavy atom. The van der Waals surface area contributed by atoms with Crippen molar-refractivity contribution in [1.82, 2.24) is 0 Å². The molecule has 1 unspecified atom stereocenters. The van der Waals surface area contributed by atoms with Gasteiger partial charge in [0.1, 0.15) is 6.61 Å². The molecule has 0 aromatic rings.